The summed E-state index contributed by atoms with van der Waals surface area (Å²) in [4.78, 5) is 0. The summed E-state index contributed by atoms with van der Waals surface area (Å²) < 4.78 is 14.1. The Bertz CT molecular complexity index is 449. The molecular formula is C13H16FIN2. The molecule has 2 bridgehead atoms. The largest absolute Gasteiger partial charge is 0.397 e. The molecule has 2 fully saturated rings. The van der Waals surface area contributed by atoms with Crippen LogP contribution in [0, 0.1) is 21.2 Å². The van der Waals surface area contributed by atoms with Crippen LogP contribution in [0.1, 0.15) is 25.7 Å². The predicted octanol–water partition coefficient (Wildman–Crippen LogP) is 3.61. The molecule has 0 aliphatic heterocycles. The molecule has 0 saturated heterocycles. The third-order valence-electron chi connectivity index (χ3n) is 4.17. The second kappa shape index (κ2) is 4.30. The van der Waals surface area contributed by atoms with Crippen molar-refractivity contribution in [1.82, 2.24) is 0 Å². The fourth-order valence-electron chi connectivity index (χ4n) is 3.31. The lowest BCUT2D eigenvalue weighted by Crippen LogP contribution is -2.26. The molecule has 1 aromatic carbocycles. The van der Waals surface area contributed by atoms with Crippen molar-refractivity contribution in [3.63, 3.8) is 0 Å². The first-order chi connectivity index (χ1) is 8.13. The maximum Gasteiger partial charge on any atom is 0.138 e. The zero-order chi connectivity index (χ0) is 12.0. The summed E-state index contributed by atoms with van der Waals surface area (Å²) in [5.74, 6) is 1.46. The molecule has 2 aliphatic rings. The van der Waals surface area contributed by atoms with Crippen LogP contribution in [0.25, 0.3) is 0 Å². The van der Waals surface area contributed by atoms with Gasteiger partial charge in [0, 0.05) is 12.1 Å². The minimum atomic E-state index is -0.189. The first kappa shape index (κ1) is 11.6. The van der Waals surface area contributed by atoms with Crippen LogP contribution >= 0.6 is 22.6 Å². The lowest BCUT2D eigenvalue weighted by atomic mass is 9.95. The van der Waals surface area contributed by atoms with Gasteiger partial charge >= 0.3 is 0 Å². The molecule has 3 N–H and O–H groups in total. The van der Waals surface area contributed by atoms with Crippen LogP contribution in [0.2, 0.25) is 0 Å². The molecule has 2 aliphatic carbocycles. The smallest absolute Gasteiger partial charge is 0.138 e. The monoisotopic (exact) mass is 346 g/mol. The number of hydrogen-bond donors (Lipinski definition) is 2. The molecule has 4 heteroatoms. The zero-order valence-electron chi connectivity index (χ0n) is 9.55. The minimum absolute atomic E-state index is 0.189. The molecule has 2 saturated carbocycles. The van der Waals surface area contributed by atoms with E-state index in [4.69, 9.17) is 5.73 Å². The van der Waals surface area contributed by atoms with Gasteiger partial charge in [0.25, 0.3) is 0 Å². The van der Waals surface area contributed by atoms with E-state index >= 15 is 0 Å². The van der Waals surface area contributed by atoms with E-state index < -0.39 is 0 Å². The molecule has 3 rings (SSSR count). The second-order valence-electron chi connectivity index (χ2n) is 5.28. The fourth-order valence-corrected chi connectivity index (χ4v) is 3.80. The standard InChI is InChI=1S/C13H16FIN2/c14-9-5-13(11(16)6-10(9)15)17-12-4-7-1-2-8(12)3-7/h5-8,12,17H,1-4,16H2. The number of anilines is 2. The summed E-state index contributed by atoms with van der Waals surface area (Å²) in [7, 11) is 0. The summed E-state index contributed by atoms with van der Waals surface area (Å²) in [5.41, 5.74) is 7.35. The fraction of sp³-hybridized carbons (Fsp3) is 0.538. The Morgan fingerprint density at radius 1 is 1.29 bits per heavy atom. The van der Waals surface area contributed by atoms with Crippen LogP contribution in [0.3, 0.4) is 0 Å². The molecule has 2 nitrogen and oxygen atoms in total. The molecule has 17 heavy (non-hydrogen) atoms. The maximum absolute atomic E-state index is 13.5. The van der Waals surface area contributed by atoms with Gasteiger partial charge in [-0.3, -0.25) is 0 Å². The number of nitrogen functional groups attached to an aromatic ring is 1. The first-order valence-electron chi connectivity index (χ1n) is 6.14. The van der Waals surface area contributed by atoms with Crippen molar-refractivity contribution < 1.29 is 4.39 Å². The third-order valence-corrected chi connectivity index (χ3v) is 5.00. The first-order valence-corrected chi connectivity index (χ1v) is 7.22. The maximum atomic E-state index is 13.5. The van der Waals surface area contributed by atoms with Crippen LogP contribution in [-0.2, 0) is 0 Å². The highest BCUT2D eigenvalue weighted by Crippen LogP contribution is 2.46. The van der Waals surface area contributed by atoms with Gasteiger partial charge in [0.2, 0.25) is 0 Å². The number of hydrogen-bond acceptors (Lipinski definition) is 2. The highest BCUT2D eigenvalue weighted by molar-refractivity contribution is 14.1. The topological polar surface area (TPSA) is 38.0 Å². The molecule has 3 unspecified atom stereocenters. The predicted molar refractivity (Wildman–Crippen MR) is 76.4 cm³/mol. The number of nitrogens with two attached hydrogens (primary N) is 1. The van der Waals surface area contributed by atoms with E-state index in [1.807, 2.05) is 22.6 Å². The molecule has 92 valence electrons. The Kier molecular flexibility index (Phi) is 2.92. The highest BCUT2D eigenvalue weighted by atomic mass is 127. The van der Waals surface area contributed by atoms with E-state index in [0.29, 0.717) is 15.3 Å². The van der Waals surface area contributed by atoms with E-state index in [1.165, 1.54) is 31.7 Å². The summed E-state index contributed by atoms with van der Waals surface area (Å²) in [6, 6.07) is 3.73. The van der Waals surface area contributed by atoms with Crippen LogP contribution in [0.5, 0.6) is 0 Å². The quantitative estimate of drug-likeness (QED) is 0.634. The Labute approximate surface area is 114 Å². The SMILES string of the molecule is Nc1cc(I)c(F)cc1NC1CC2CCC1C2. The van der Waals surface area contributed by atoms with Gasteiger partial charge < -0.3 is 11.1 Å². The number of fused-ring (bicyclic) bond motifs is 2. The van der Waals surface area contributed by atoms with Crippen LogP contribution in [0.15, 0.2) is 12.1 Å². The highest BCUT2D eigenvalue weighted by Gasteiger charge is 2.39. The average Bonchev–Trinajstić information content (AvgIpc) is 2.87. The van der Waals surface area contributed by atoms with Crippen molar-refractivity contribution in [2.45, 2.75) is 31.7 Å². The average molecular weight is 346 g/mol. The van der Waals surface area contributed by atoms with Gasteiger partial charge in [-0.25, -0.2) is 4.39 Å². The van der Waals surface area contributed by atoms with Gasteiger partial charge in [0.05, 0.1) is 14.9 Å². The van der Waals surface area contributed by atoms with E-state index in [2.05, 4.69) is 5.32 Å². The summed E-state index contributed by atoms with van der Waals surface area (Å²) in [6.07, 6.45) is 5.25. The number of halogens is 2. The van der Waals surface area contributed by atoms with Gasteiger partial charge in [-0.1, -0.05) is 6.42 Å². The van der Waals surface area contributed by atoms with Crippen molar-refractivity contribution in [3.8, 4) is 0 Å². The minimum Gasteiger partial charge on any atom is -0.397 e. The van der Waals surface area contributed by atoms with E-state index in [0.717, 1.165) is 17.5 Å². The van der Waals surface area contributed by atoms with Gasteiger partial charge in [0.1, 0.15) is 5.82 Å². The van der Waals surface area contributed by atoms with Crippen LogP contribution < -0.4 is 11.1 Å². The normalized spacial score (nSPS) is 30.8. The molecule has 0 aromatic heterocycles. The van der Waals surface area contributed by atoms with Crippen molar-refractivity contribution in [2.24, 2.45) is 11.8 Å². The van der Waals surface area contributed by atoms with Crippen LogP contribution in [-0.4, -0.2) is 6.04 Å². The summed E-state index contributed by atoms with van der Waals surface area (Å²) in [6.45, 7) is 0. The van der Waals surface area contributed by atoms with E-state index in [-0.39, 0.29) is 5.82 Å². The molecule has 1 aromatic rings. The van der Waals surface area contributed by atoms with Crippen LogP contribution in [0.4, 0.5) is 15.8 Å². The second-order valence-corrected chi connectivity index (χ2v) is 6.44. The third kappa shape index (κ3) is 2.11. The van der Waals surface area contributed by atoms with Crippen molar-refractivity contribution in [2.75, 3.05) is 11.1 Å². The Balaban J connectivity index is 1.79. The lowest BCUT2D eigenvalue weighted by molar-refractivity contribution is 0.439. The number of nitrogens with one attached hydrogen (secondary N) is 1. The summed E-state index contributed by atoms with van der Waals surface area (Å²) >= 11 is 1.97. The summed E-state index contributed by atoms with van der Waals surface area (Å²) in [5, 5.41) is 3.44. The number of benzene rings is 1. The molecule has 0 heterocycles. The molecular weight excluding hydrogens is 330 g/mol. The zero-order valence-corrected chi connectivity index (χ0v) is 11.7. The van der Waals surface area contributed by atoms with Crippen molar-refractivity contribution in [1.29, 1.82) is 0 Å². The Morgan fingerprint density at radius 2 is 2.12 bits per heavy atom. The van der Waals surface area contributed by atoms with Gasteiger partial charge in [-0.15, -0.1) is 0 Å². The van der Waals surface area contributed by atoms with E-state index in [1.54, 1.807) is 6.07 Å². The van der Waals surface area contributed by atoms with Gasteiger partial charge in [-0.2, -0.15) is 0 Å². The molecule has 0 spiro atoms. The molecule has 0 amide bonds. The van der Waals surface area contributed by atoms with Gasteiger partial charge in [-0.05, 0) is 59.8 Å². The Morgan fingerprint density at radius 3 is 2.76 bits per heavy atom. The molecule has 0 radical (unpaired) electrons. The van der Waals surface area contributed by atoms with E-state index in [9.17, 15) is 4.39 Å². The number of rotatable bonds is 2. The van der Waals surface area contributed by atoms with Gasteiger partial charge in [0.15, 0.2) is 0 Å². The lowest BCUT2D eigenvalue weighted by Gasteiger charge is -2.24. The van der Waals surface area contributed by atoms with Crippen molar-refractivity contribution >= 4 is 34.0 Å². The Hall–Kier alpha value is -0.520. The van der Waals surface area contributed by atoms with Crippen molar-refractivity contribution in [3.05, 3.63) is 21.5 Å². The molecule has 3 atom stereocenters.